The van der Waals surface area contributed by atoms with Crippen molar-refractivity contribution >= 4 is 14.7 Å². The summed E-state index contributed by atoms with van der Waals surface area (Å²) in [4.78, 5) is 3.66. The first-order chi connectivity index (χ1) is 2.91. The largest absolute Gasteiger partial charge is 0.448 e. The van der Waals surface area contributed by atoms with Gasteiger partial charge in [0.2, 0.25) is 0 Å². The molecule has 6 heavy (non-hydrogen) atoms. The molecule has 0 unspecified atom stereocenters. The van der Waals surface area contributed by atoms with Crippen LogP contribution in [0.25, 0.3) is 0 Å². The minimum atomic E-state index is 0.247. The van der Waals surface area contributed by atoms with Gasteiger partial charge in [0.05, 0.1) is 0 Å². The van der Waals surface area contributed by atoms with Crippen LogP contribution in [-0.2, 0) is 9.46 Å². The Morgan fingerprint density at radius 2 is 2.17 bits per heavy atom. The molecule has 0 aliphatic carbocycles. The van der Waals surface area contributed by atoms with Crippen LogP contribution in [0.1, 0.15) is 0 Å². The predicted octanol–water partition coefficient (Wildman–Crippen LogP) is -1.26. The molecule has 0 atom stereocenters. The van der Waals surface area contributed by atoms with Crippen molar-refractivity contribution in [2.45, 2.75) is 0 Å². The van der Waals surface area contributed by atoms with E-state index in [-0.39, 0.29) is 7.37 Å². The standard InChI is InChI=1S/CH6B2O3/c1-5-2-3-6-4/h2-4H,1H3. The fourth-order valence-corrected chi connectivity index (χ4v) is 0.121. The Kier molecular flexibility index (Phi) is 5.02. The topological polar surface area (TPSA) is 38.7 Å². The van der Waals surface area contributed by atoms with Gasteiger partial charge in [-0.25, -0.2) is 0 Å². The molecule has 5 heteroatoms. The average Bonchev–Trinajstić information content (AvgIpc) is 1.61. The lowest BCUT2D eigenvalue weighted by Crippen LogP contribution is -2.07. The Balaban J connectivity index is 2.34. The van der Waals surface area contributed by atoms with Crippen molar-refractivity contribution in [2.24, 2.45) is 0 Å². The van der Waals surface area contributed by atoms with Gasteiger partial charge in [-0.3, -0.25) is 5.26 Å². The molecule has 34 valence electrons. The number of rotatable bonds is 3. The Morgan fingerprint density at radius 3 is 2.33 bits per heavy atom. The fraction of sp³-hybridized carbons (Fsp3) is 1.00. The molecule has 0 saturated carbocycles. The summed E-state index contributed by atoms with van der Waals surface area (Å²) in [7, 11) is 2.23. The Bertz CT molecular complexity index is 20.8. The van der Waals surface area contributed by atoms with Crippen molar-refractivity contribution in [1.29, 1.82) is 0 Å². The van der Waals surface area contributed by atoms with E-state index in [1.54, 1.807) is 7.11 Å². The van der Waals surface area contributed by atoms with E-state index >= 15 is 0 Å². The molecule has 0 amide bonds. The lowest BCUT2D eigenvalue weighted by molar-refractivity contribution is -0.134. The summed E-state index contributed by atoms with van der Waals surface area (Å²) in [5, 5.41) is 7.62. The normalized spacial score (nSPS) is 7.67. The SMILES string of the molecule is COBBOO. The van der Waals surface area contributed by atoms with Crippen molar-refractivity contribution < 1.29 is 14.7 Å². The maximum Gasteiger partial charge on any atom is 0.318 e. The van der Waals surface area contributed by atoms with Crippen LogP contribution in [0.4, 0.5) is 0 Å². The molecule has 0 fully saturated rings. The Morgan fingerprint density at radius 1 is 1.50 bits per heavy atom. The molecule has 0 radical (unpaired) electrons. The third-order valence-corrected chi connectivity index (χ3v) is 0.379. The van der Waals surface area contributed by atoms with Crippen molar-refractivity contribution in [3.63, 3.8) is 0 Å². The van der Waals surface area contributed by atoms with Crippen molar-refractivity contribution in [2.75, 3.05) is 7.11 Å². The van der Waals surface area contributed by atoms with Gasteiger partial charge in [-0.2, -0.15) is 0 Å². The fourth-order valence-electron chi connectivity index (χ4n) is 0.121. The lowest BCUT2D eigenvalue weighted by Gasteiger charge is -1.84. The second-order valence-electron chi connectivity index (χ2n) is 0.826. The van der Waals surface area contributed by atoms with E-state index in [0.717, 1.165) is 0 Å². The van der Waals surface area contributed by atoms with Crippen LogP contribution >= 0.6 is 0 Å². The van der Waals surface area contributed by atoms with Gasteiger partial charge < -0.3 is 9.46 Å². The summed E-state index contributed by atoms with van der Waals surface area (Å²) in [5.41, 5.74) is 0. The highest BCUT2D eigenvalue weighted by atomic mass is 17.1. The maximum absolute atomic E-state index is 7.62. The molecule has 0 rings (SSSR count). The highest BCUT2D eigenvalue weighted by molar-refractivity contribution is 6.93. The quantitative estimate of drug-likeness (QED) is 0.202. The Hall–Kier alpha value is 0.00987. The van der Waals surface area contributed by atoms with Gasteiger partial charge in [0.15, 0.2) is 0 Å². The van der Waals surface area contributed by atoms with Gasteiger partial charge in [0.25, 0.3) is 7.37 Å². The molecule has 0 saturated heterocycles. The second-order valence-corrected chi connectivity index (χ2v) is 0.826. The van der Waals surface area contributed by atoms with Crippen LogP contribution in [-0.4, -0.2) is 27.1 Å². The van der Waals surface area contributed by atoms with Crippen LogP contribution in [0.15, 0.2) is 0 Å². The molecular formula is CH6B2O3. The molecular weight excluding hydrogens is 81.6 g/mol. The van der Waals surface area contributed by atoms with Crippen LogP contribution < -0.4 is 0 Å². The third kappa shape index (κ3) is 4.01. The summed E-state index contributed by atoms with van der Waals surface area (Å²) in [5.74, 6) is 0. The van der Waals surface area contributed by atoms with Gasteiger partial charge in [0, 0.05) is 7.11 Å². The summed E-state index contributed by atoms with van der Waals surface area (Å²) in [6, 6.07) is 0. The van der Waals surface area contributed by atoms with Gasteiger partial charge in [-0.15, -0.1) is 0 Å². The van der Waals surface area contributed by atoms with Crippen molar-refractivity contribution in [3.05, 3.63) is 0 Å². The zero-order valence-corrected chi connectivity index (χ0v) is 3.68. The van der Waals surface area contributed by atoms with Crippen molar-refractivity contribution in [3.8, 4) is 0 Å². The van der Waals surface area contributed by atoms with Gasteiger partial charge in [-0.1, -0.05) is 0 Å². The first-order valence-corrected chi connectivity index (χ1v) is 1.67. The van der Waals surface area contributed by atoms with E-state index in [4.69, 9.17) is 5.26 Å². The first-order valence-electron chi connectivity index (χ1n) is 1.67. The third-order valence-electron chi connectivity index (χ3n) is 0.379. The summed E-state index contributed by atoms with van der Waals surface area (Å²) in [6.45, 7) is 0. The van der Waals surface area contributed by atoms with E-state index in [2.05, 4.69) is 9.46 Å². The number of hydrogen-bond donors (Lipinski definition) is 1. The molecule has 0 aliphatic heterocycles. The van der Waals surface area contributed by atoms with Gasteiger partial charge in [0.1, 0.15) is 0 Å². The van der Waals surface area contributed by atoms with Crippen LogP contribution in [0.3, 0.4) is 0 Å². The molecule has 0 bridgehead atoms. The maximum atomic E-state index is 7.62. The highest BCUT2D eigenvalue weighted by Gasteiger charge is 1.87. The zero-order valence-electron chi connectivity index (χ0n) is 3.68. The molecule has 0 aromatic rings. The van der Waals surface area contributed by atoms with E-state index in [1.165, 1.54) is 0 Å². The lowest BCUT2D eigenvalue weighted by atomic mass is 9.65. The Labute approximate surface area is 37.7 Å². The van der Waals surface area contributed by atoms with Crippen molar-refractivity contribution in [1.82, 2.24) is 0 Å². The monoisotopic (exact) mass is 88.1 g/mol. The predicted molar refractivity (Wildman–Crippen MR) is 25.0 cm³/mol. The van der Waals surface area contributed by atoms with E-state index in [0.29, 0.717) is 7.37 Å². The van der Waals surface area contributed by atoms with Gasteiger partial charge in [-0.05, 0) is 0 Å². The summed E-state index contributed by atoms with van der Waals surface area (Å²) >= 11 is 0. The zero-order chi connectivity index (χ0) is 4.83. The molecule has 0 spiro atoms. The minimum absolute atomic E-state index is 0.247. The second kappa shape index (κ2) is 5.01. The van der Waals surface area contributed by atoms with Crippen LogP contribution in [0, 0.1) is 0 Å². The summed E-state index contributed by atoms with van der Waals surface area (Å²) in [6.07, 6.45) is 0. The molecule has 0 aromatic heterocycles. The first kappa shape index (κ1) is 6.01. The molecule has 3 nitrogen and oxygen atoms in total. The van der Waals surface area contributed by atoms with Crippen LogP contribution in [0.2, 0.25) is 0 Å². The van der Waals surface area contributed by atoms with E-state index in [1.807, 2.05) is 0 Å². The highest BCUT2D eigenvalue weighted by Crippen LogP contribution is 1.56. The van der Waals surface area contributed by atoms with Crippen LogP contribution in [0.5, 0.6) is 0 Å². The smallest absolute Gasteiger partial charge is 0.318 e. The molecule has 0 aliphatic rings. The minimum Gasteiger partial charge on any atom is -0.448 e. The molecule has 0 aromatic carbocycles. The number of hydrogen-bond acceptors (Lipinski definition) is 3. The molecule has 1 N–H and O–H groups in total. The average molecular weight is 87.7 g/mol. The van der Waals surface area contributed by atoms with E-state index < -0.39 is 0 Å². The summed E-state index contributed by atoms with van der Waals surface area (Å²) < 4.78 is 4.50. The van der Waals surface area contributed by atoms with Gasteiger partial charge >= 0.3 is 7.37 Å². The van der Waals surface area contributed by atoms with E-state index in [9.17, 15) is 0 Å². The molecule has 0 heterocycles.